The predicted molar refractivity (Wildman–Crippen MR) is 117 cm³/mol. The lowest BCUT2D eigenvalue weighted by molar-refractivity contribution is 0.160. The molecule has 2 atom stereocenters. The molecule has 0 radical (unpaired) electrons. The number of anilines is 1. The quantitative estimate of drug-likeness (QED) is 0.440. The number of aromatic nitrogens is 3. The Bertz CT molecular complexity index is 1310. The zero-order valence-electron chi connectivity index (χ0n) is 18.1. The van der Waals surface area contributed by atoms with Gasteiger partial charge in [-0.2, -0.15) is 0 Å². The molecular weight excluding hydrogens is 467 g/mol. The van der Waals surface area contributed by atoms with E-state index in [4.69, 9.17) is 4.74 Å². The van der Waals surface area contributed by atoms with Crippen LogP contribution in [0, 0.1) is 6.92 Å². The number of benzene rings is 1. The van der Waals surface area contributed by atoms with Gasteiger partial charge in [0.1, 0.15) is 16.5 Å². The predicted octanol–water partition coefficient (Wildman–Crippen LogP) is 6.07. The number of aryl methyl sites for hydroxylation is 1. The molecule has 0 saturated carbocycles. The Labute approximate surface area is 186 Å². The van der Waals surface area contributed by atoms with Crippen LogP contribution in [0.25, 0.3) is 10.9 Å². The van der Waals surface area contributed by atoms with Crippen LogP contribution in [0.2, 0.25) is 0 Å². The standard InChI is InChI=1S/C21H23F5N4O2S/c1-13(15-5-4-6-16(9-15)33(22,23,24,25)26)27-20-17-11-30(21(3)7-8-32-12-21)19(31)10-18(17)28-14(2)29-20/h4-6,9-11,13H,7-8,12H2,1-3H3,(H,27,28,29)/t13-,21?/m1/s1. The molecule has 0 amide bonds. The molecular formula is C21H23F5N4O2S. The SMILES string of the molecule is Cc1nc(N[C@H](C)c2cccc(S(F)(F)(F)(F)F)c2)c2cn(C3(C)CCOC3)c(=O)cc2n1. The van der Waals surface area contributed by atoms with E-state index in [0.717, 1.165) is 6.07 Å². The average molecular weight is 490 g/mol. The number of hydrogen-bond donors (Lipinski definition) is 1. The Morgan fingerprint density at radius 3 is 2.55 bits per heavy atom. The summed E-state index contributed by atoms with van der Waals surface area (Å²) in [5.41, 5.74) is -0.456. The van der Waals surface area contributed by atoms with Gasteiger partial charge in [-0.05, 0) is 44.9 Å². The Morgan fingerprint density at radius 1 is 1.18 bits per heavy atom. The van der Waals surface area contributed by atoms with Crippen molar-refractivity contribution in [2.75, 3.05) is 18.5 Å². The molecule has 1 aromatic carbocycles. The van der Waals surface area contributed by atoms with Crippen molar-refractivity contribution >= 4 is 26.9 Å². The van der Waals surface area contributed by atoms with Crippen LogP contribution in [0.1, 0.15) is 37.7 Å². The van der Waals surface area contributed by atoms with Gasteiger partial charge in [-0.3, -0.25) is 4.79 Å². The first-order valence-electron chi connectivity index (χ1n) is 10.2. The Kier molecular flexibility index (Phi) is 4.89. The Morgan fingerprint density at radius 2 is 1.91 bits per heavy atom. The third-order valence-corrected chi connectivity index (χ3v) is 6.92. The first kappa shape index (κ1) is 23.4. The largest absolute Gasteiger partial charge is 0.379 e. The van der Waals surface area contributed by atoms with Gasteiger partial charge in [-0.1, -0.05) is 31.6 Å². The van der Waals surface area contributed by atoms with Crippen LogP contribution in [-0.4, -0.2) is 27.7 Å². The first-order chi connectivity index (χ1) is 15.1. The molecule has 3 heterocycles. The lowest BCUT2D eigenvalue weighted by Crippen LogP contribution is -2.38. The maximum atomic E-state index is 13.3. The summed E-state index contributed by atoms with van der Waals surface area (Å²) in [6, 6.07) is 3.66. The number of rotatable bonds is 5. The smallest absolute Gasteiger partial charge is 0.310 e. The van der Waals surface area contributed by atoms with Crippen molar-refractivity contribution in [2.24, 2.45) is 0 Å². The number of nitrogens with one attached hydrogen (secondary N) is 1. The maximum Gasteiger partial charge on any atom is 0.310 e. The fourth-order valence-electron chi connectivity index (χ4n) is 3.91. The van der Waals surface area contributed by atoms with Crippen molar-refractivity contribution < 1.29 is 24.2 Å². The van der Waals surface area contributed by atoms with Crippen LogP contribution >= 0.6 is 10.2 Å². The Hall–Kier alpha value is -2.73. The van der Waals surface area contributed by atoms with Crippen molar-refractivity contribution in [1.29, 1.82) is 0 Å². The number of nitrogens with zero attached hydrogens (tertiary/aromatic N) is 3. The van der Waals surface area contributed by atoms with Gasteiger partial charge in [0.15, 0.2) is 0 Å². The molecule has 1 fully saturated rings. The van der Waals surface area contributed by atoms with E-state index in [0.29, 0.717) is 48.5 Å². The molecule has 1 N–H and O–H groups in total. The minimum atomic E-state index is -9.81. The number of ether oxygens (including phenoxy) is 1. The van der Waals surface area contributed by atoms with Crippen molar-refractivity contribution in [3.8, 4) is 0 Å². The van der Waals surface area contributed by atoms with E-state index in [-0.39, 0.29) is 16.9 Å². The van der Waals surface area contributed by atoms with Gasteiger partial charge in [0, 0.05) is 18.9 Å². The zero-order valence-corrected chi connectivity index (χ0v) is 18.9. The van der Waals surface area contributed by atoms with Gasteiger partial charge >= 0.3 is 10.2 Å². The highest BCUT2D eigenvalue weighted by molar-refractivity contribution is 8.45. The molecule has 3 aromatic rings. The minimum Gasteiger partial charge on any atom is -0.379 e. The molecule has 1 unspecified atom stereocenters. The van der Waals surface area contributed by atoms with Crippen molar-refractivity contribution in [3.05, 3.63) is 58.3 Å². The fraction of sp³-hybridized carbons (Fsp3) is 0.381. The maximum absolute atomic E-state index is 13.3. The van der Waals surface area contributed by atoms with Gasteiger partial charge in [-0.15, -0.1) is 0 Å². The molecule has 1 aliphatic heterocycles. The molecule has 12 heteroatoms. The third-order valence-electron chi connectivity index (χ3n) is 5.78. The van der Waals surface area contributed by atoms with Crippen LogP contribution in [0.4, 0.5) is 25.2 Å². The molecule has 1 saturated heterocycles. The van der Waals surface area contributed by atoms with Crippen LogP contribution in [-0.2, 0) is 10.3 Å². The summed E-state index contributed by atoms with van der Waals surface area (Å²) in [7, 11) is -9.81. The summed E-state index contributed by atoms with van der Waals surface area (Å²) in [4.78, 5) is 19.4. The van der Waals surface area contributed by atoms with E-state index in [2.05, 4.69) is 15.3 Å². The first-order valence-corrected chi connectivity index (χ1v) is 12.1. The number of hydrogen-bond acceptors (Lipinski definition) is 5. The number of pyridine rings is 1. The van der Waals surface area contributed by atoms with Crippen LogP contribution in [0.3, 0.4) is 0 Å². The molecule has 0 bridgehead atoms. The molecule has 0 spiro atoms. The second-order valence-electron chi connectivity index (χ2n) is 8.61. The molecule has 4 rings (SSSR count). The average Bonchev–Trinajstić information content (AvgIpc) is 3.13. The second kappa shape index (κ2) is 6.89. The van der Waals surface area contributed by atoms with Crippen molar-refractivity contribution in [1.82, 2.24) is 14.5 Å². The highest BCUT2D eigenvalue weighted by Crippen LogP contribution is 3.02. The summed E-state index contributed by atoms with van der Waals surface area (Å²) >= 11 is 0. The molecule has 1 aliphatic rings. The Balaban J connectivity index is 1.77. The summed E-state index contributed by atoms with van der Waals surface area (Å²) in [5.74, 6) is 0.615. The molecule has 33 heavy (non-hydrogen) atoms. The van der Waals surface area contributed by atoms with Crippen molar-refractivity contribution in [2.45, 2.75) is 43.7 Å². The lowest BCUT2D eigenvalue weighted by atomic mass is 10.0. The monoisotopic (exact) mass is 490 g/mol. The zero-order chi connectivity index (χ0) is 24.3. The van der Waals surface area contributed by atoms with E-state index in [1.54, 1.807) is 17.7 Å². The molecule has 2 aromatic heterocycles. The van der Waals surface area contributed by atoms with Crippen LogP contribution in [0.15, 0.2) is 46.2 Å². The van der Waals surface area contributed by atoms with Gasteiger partial charge in [0.05, 0.1) is 29.1 Å². The highest BCUT2D eigenvalue weighted by atomic mass is 32.5. The van der Waals surface area contributed by atoms with E-state index in [9.17, 15) is 24.2 Å². The molecule has 180 valence electrons. The second-order valence-corrected chi connectivity index (χ2v) is 11.0. The fourth-order valence-corrected chi connectivity index (χ4v) is 4.60. The normalized spacial score (nSPS) is 22.1. The van der Waals surface area contributed by atoms with Gasteiger partial charge in [-0.25, -0.2) is 9.97 Å². The lowest BCUT2D eigenvalue weighted by Gasteiger charge is -2.40. The molecule has 6 nitrogen and oxygen atoms in total. The van der Waals surface area contributed by atoms with Crippen molar-refractivity contribution in [3.63, 3.8) is 0 Å². The summed E-state index contributed by atoms with van der Waals surface area (Å²) in [6.45, 7) is 5.91. The van der Waals surface area contributed by atoms with E-state index >= 15 is 0 Å². The number of halogens is 5. The minimum absolute atomic E-state index is 0.00893. The van der Waals surface area contributed by atoms with E-state index in [1.165, 1.54) is 19.1 Å². The summed E-state index contributed by atoms with van der Waals surface area (Å²) in [6.07, 6.45) is 2.23. The van der Waals surface area contributed by atoms with Crippen LogP contribution < -0.4 is 10.9 Å². The van der Waals surface area contributed by atoms with Gasteiger partial charge < -0.3 is 14.6 Å². The highest BCUT2D eigenvalue weighted by Gasteiger charge is 2.65. The topological polar surface area (TPSA) is 69.0 Å². The molecule has 0 aliphatic carbocycles. The van der Waals surface area contributed by atoms with Crippen LogP contribution in [0.5, 0.6) is 0 Å². The number of fused-ring (bicyclic) bond motifs is 1. The van der Waals surface area contributed by atoms with E-state index < -0.39 is 26.7 Å². The summed E-state index contributed by atoms with van der Waals surface area (Å²) in [5, 5.41) is 3.47. The summed E-state index contributed by atoms with van der Waals surface area (Å²) < 4.78 is 73.3. The third kappa shape index (κ3) is 4.67. The van der Waals surface area contributed by atoms with Gasteiger partial charge in [0.2, 0.25) is 0 Å². The van der Waals surface area contributed by atoms with E-state index in [1.807, 2.05) is 6.92 Å². The van der Waals surface area contributed by atoms with Gasteiger partial charge in [0.25, 0.3) is 5.56 Å².